The maximum absolute atomic E-state index is 12.9. The summed E-state index contributed by atoms with van der Waals surface area (Å²) in [6.07, 6.45) is -4.51. The van der Waals surface area contributed by atoms with Crippen molar-refractivity contribution in [2.45, 2.75) is 51.7 Å². The molecule has 2 aromatic carbocycles. The number of amides is 3. The molecule has 12 heteroatoms. The zero-order valence-electron chi connectivity index (χ0n) is 19.0. The number of hydrogen-bond donors (Lipinski definition) is 2. The Bertz CT molecular complexity index is 1260. The van der Waals surface area contributed by atoms with Crippen LogP contribution in [0.15, 0.2) is 30.3 Å². The molecule has 1 atom stereocenters. The number of anilines is 1. The molecule has 2 N–H and O–H groups in total. The molecule has 1 saturated carbocycles. The van der Waals surface area contributed by atoms with Crippen LogP contribution in [-0.2, 0) is 22.7 Å². The number of rotatable bonds is 5. The van der Waals surface area contributed by atoms with Gasteiger partial charge in [-0.2, -0.15) is 0 Å². The number of hydrogen-bond acceptors (Lipinski definition) is 5. The van der Waals surface area contributed by atoms with Crippen LogP contribution in [0.3, 0.4) is 0 Å². The lowest BCUT2D eigenvalue weighted by Gasteiger charge is -2.29. The van der Waals surface area contributed by atoms with Crippen LogP contribution < -0.4 is 15.4 Å². The first kappa shape index (κ1) is 25.5. The Morgan fingerprint density at radius 1 is 1.19 bits per heavy atom. The van der Waals surface area contributed by atoms with E-state index in [4.69, 9.17) is 11.6 Å². The summed E-state index contributed by atoms with van der Waals surface area (Å²) in [5, 5.41) is 4.95. The van der Waals surface area contributed by atoms with Gasteiger partial charge in [-0.1, -0.05) is 23.7 Å². The zero-order chi connectivity index (χ0) is 26.2. The van der Waals surface area contributed by atoms with Crippen LogP contribution in [0.5, 0.6) is 5.75 Å². The van der Waals surface area contributed by atoms with E-state index < -0.39 is 24.2 Å². The van der Waals surface area contributed by atoms with Crippen molar-refractivity contribution in [1.29, 1.82) is 0 Å². The summed E-state index contributed by atoms with van der Waals surface area (Å²) in [6.45, 7) is 1.64. The number of halogens is 4. The highest BCUT2D eigenvalue weighted by Gasteiger charge is 2.39. The maximum Gasteiger partial charge on any atom is 0.573 e. The van der Waals surface area contributed by atoms with Gasteiger partial charge in [0.05, 0.1) is 12.5 Å². The molecule has 1 aliphatic heterocycles. The fourth-order valence-corrected chi connectivity index (χ4v) is 4.45. The second-order valence-corrected chi connectivity index (χ2v) is 9.00. The van der Waals surface area contributed by atoms with Gasteiger partial charge in [0.25, 0.3) is 5.91 Å². The summed E-state index contributed by atoms with van der Waals surface area (Å²) < 4.78 is 41.8. The fraction of sp³-hybridized carbons (Fsp3) is 0.333. The number of carbonyl (C=O) groups is 4. The Morgan fingerprint density at radius 2 is 1.94 bits per heavy atom. The van der Waals surface area contributed by atoms with Crippen molar-refractivity contribution in [3.05, 3.63) is 57.6 Å². The Labute approximate surface area is 208 Å². The number of urea groups is 1. The lowest BCUT2D eigenvalue weighted by Crippen LogP contribution is -2.44. The van der Waals surface area contributed by atoms with Crippen LogP contribution in [0.4, 0.5) is 23.7 Å². The first-order chi connectivity index (χ1) is 16.9. The summed E-state index contributed by atoms with van der Waals surface area (Å²) in [6, 6.07) is 6.05. The van der Waals surface area contributed by atoms with Gasteiger partial charge < -0.3 is 20.3 Å². The van der Waals surface area contributed by atoms with Crippen molar-refractivity contribution in [2.24, 2.45) is 0 Å². The molecule has 3 amide bonds. The third-order valence-electron chi connectivity index (χ3n) is 6.06. The molecule has 190 valence electrons. The van der Waals surface area contributed by atoms with Gasteiger partial charge in [-0.15, -0.1) is 13.2 Å². The lowest BCUT2D eigenvalue weighted by atomic mass is 9.92. The minimum absolute atomic E-state index is 0.00208. The number of nitrogens with one attached hydrogen (secondary N) is 2. The molecule has 4 rings (SSSR count). The van der Waals surface area contributed by atoms with Crippen molar-refractivity contribution < 1.29 is 37.1 Å². The second kappa shape index (κ2) is 9.81. The van der Waals surface area contributed by atoms with Crippen LogP contribution >= 0.6 is 11.6 Å². The number of Topliss-reactive ketones (excluding diaryl/α,β-unsaturated/α-hetero) is 2. The van der Waals surface area contributed by atoms with Gasteiger partial charge in [0.1, 0.15) is 11.5 Å². The molecule has 1 unspecified atom stereocenters. The molecule has 1 fully saturated rings. The van der Waals surface area contributed by atoms with Crippen LogP contribution in [0.2, 0.25) is 5.02 Å². The SMILES string of the molecule is Cc1c(Cl)cc(NC(=O)NCc2ccc3c(c2)C(=O)N(C2CCC(=O)CC2=O)C3)cc1OC(F)(F)F. The van der Waals surface area contributed by atoms with Gasteiger partial charge >= 0.3 is 12.4 Å². The molecule has 0 radical (unpaired) electrons. The highest BCUT2D eigenvalue weighted by Crippen LogP contribution is 2.34. The van der Waals surface area contributed by atoms with Crippen molar-refractivity contribution >= 4 is 40.8 Å². The van der Waals surface area contributed by atoms with Gasteiger partial charge in [-0.3, -0.25) is 14.4 Å². The predicted octanol–water partition coefficient (Wildman–Crippen LogP) is 4.52. The number of ketones is 2. The topological polar surface area (TPSA) is 105 Å². The van der Waals surface area contributed by atoms with Gasteiger partial charge in [-0.05, 0) is 36.6 Å². The quantitative estimate of drug-likeness (QED) is 0.561. The van der Waals surface area contributed by atoms with E-state index in [1.165, 1.54) is 17.9 Å². The van der Waals surface area contributed by atoms with Crippen LogP contribution in [0.1, 0.15) is 46.3 Å². The smallest absolute Gasteiger partial charge is 0.405 e. The van der Waals surface area contributed by atoms with E-state index in [0.717, 1.165) is 11.6 Å². The molecular weight excluding hydrogens is 503 g/mol. The number of benzene rings is 2. The molecule has 0 aromatic heterocycles. The number of ether oxygens (including phenoxy) is 1. The summed E-state index contributed by atoms with van der Waals surface area (Å²) in [4.78, 5) is 50.5. The van der Waals surface area contributed by atoms with E-state index in [1.54, 1.807) is 18.2 Å². The van der Waals surface area contributed by atoms with E-state index in [-0.39, 0.29) is 59.7 Å². The van der Waals surface area contributed by atoms with E-state index in [2.05, 4.69) is 15.4 Å². The Hall–Kier alpha value is -3.60. The highest BCUT2D eigenvalue weighted by atomic mass is 35.5. The number of carbonyl (C=O) groups excluding carboxylic acids is 4. The average Bonchev–Trinajstić information content (AvgIpc) is 3.10. The largest absolute Gasteiger partial charge is 0.573 e. The average molecular weight is 524 g/mol. The second-order valence-electron chi connectivity index (χ2n) is 8.60. The van der Waals surface area contributed by atoms with E-state index >= 15 is 0 Å². The fourth-order valence-electron chi connectivity index (χ4n) is 4.24. The molecular formula is C24H21ClF3N3O5. The van der Waals surface area contributed by atoms with Gasteiger partial charge in [0.2, 0.25) is 0 Å². The predicted molar refractivity (Wildman–Crippen MR) is 123 cm³/mol. The summed E-state index contributed by atoms with van der Waals surface area (Å²) in [7, 11) is 0. The zero-order valence-corrected chi connectivity index (χ0v) is 19.8. The molecule has 0 bridgehead atoms. The summed E-state index contributed by atoms with van der Waals surface area (Å²) >= 11 is 5.96. The lowest BCUT2D eigenvalue weighted by molar-refractivity contribution is -0.274. The highest BCUT2D eigenvalue weighted by molar-refractivity contribution is 6.32. The summed E-state index contributed by atoms with van der Waals surface area (Å²) in [5.74, 6) is -1.22. The minimum Gasteiger partial charge on any atom is -0.405 e. The molecule has 1 heterocycles. The number of fused-ring (bicyclic) bond motifs is 1. The Balaban J connectivity index is 1.39. The normalized spacial score (nSPS) is 17.8. The monoisotopic (exact) mass is 523 g/mol. The van der Waals surface area contributed by atoms with E-state index in [1.807, 2.05) is 0 Å². The van der Waals surface area contributed by atoms with Crippen molar-refractivity contribution in [3.8, 4) is 5.75 Å². The van der Waals surface area contributed by atoms with E-state index in [9.17, 15) is 32.3 Å². The molecule has 0 saturated heterocycles. The first-order valence-corrected chi connectivity index (χ1v) is 11.4. The van der Waals surface area contributed by atoms with Crippen LogP contribution in [-0.4, -0.2) is 40.8 Å². The van der Waals surface area contributed by atoms with Crippen molar-refractivity contribution in [3.63, 3.8) is 0 Å². The molecule has 2 aromatic rings. The van der Waals surface area contributed by atoms with Gasteiger partial charge in [0, 0.05) is 47.4 Å². The third kappa shape index (κ3) is 5.62. The third-order valence-corrected chi connectivity index (χ3v) is 6.45. The standard InChI is InChI=1S/C24H21ClF3N3O5/c1-12-18(25)7-15(8-21(12)36-24(26,27)28)30-23(35)29-10-13-2-3-14-11-31(22(34)17(14)6-13)19-5-4-16(32)9-20(19)33/h2-3,6-8,19H,4-5,9-11H2,1H3,(H2,29,30,35). The number of alkyl halides is 3. The molecule has 1 aliphatic carbocycles. The molecule has 8 nitrogen and oxygen atoms in total. The van der Waals surface area contributed by atoms with Crippen LogP contribution in [0.25, 0.3) is 0 Å². The first-order valence-electron chi connectivity index (χ1n) is 11.0. The van der Waals surface area contributed by atoms with Gasteiger partial charge in [-0.25, -0.2) is 4.79 Å². The van der Waals surface area contributed by atoms with E-state index in [0.29, 0.717) is 17.5 Å². The maximum atomic E-state index is 12.9. The van der Waals surface area contributed by atoms with Crippen LogP contribution in [0, 0.1) is 6.92 Å². The Kier molecular flexibility index (Phi) is 6.94. The number of nitrogens with zero attached hydrogens (tertiary/aromatic N) is 1. The van der Waals surface area contributed by atoms with Crippen molar-refractivity contribution in [2.75, 3.05) is 5.32 Å². The molecule has 0 spiro atoms. The molecule has 2 aliphatic rings. The summed E-state index contributed by atoms with van der Waals surface area (Å²) in [5.41, 5.74) is 1.83. The van der Waals surface area contributed by atoms with Gasteiger partial charge in [0.15, 0.2) is 5.78 Å². The minimum atomic E-state index is -4.92. The Morgan fingerprint density at radius 3 is 2.64 bits per heavy atom. The molecule has 36 heavy (non-hydrogen) atoms. The van der Waals surface area contributed by atoms with Crippen molar-refractivity contribution in [1.82, 2.24) is 10.2 Å².